The van der Waals surface area contributed by atoms with Gasteiger partial charge in [-0.2, -0.15) is 4.98 Å². The number of H-pyrrole nitrogens is 1. The van der Waals surface area contributed by atoms with Crippen molar-refractivity contribution >= 4 is 29.0 Å². The fourth-order valence-electron chi connectivity index (χ4n) is 2.55. The van der Waals surface area contributed by atoms with Gasteiger partial charge in [0.2, 0.25) is 5.78 Å². The number of nitrogens with zero attached hydrogens (tertiary/aromatic N) is 2. The van der Waals surface area contributed by atoms with E-state index in [1.807, 2.05) is 0 Å². The smallest absolute Gasteiger partial charge is 0.278 e. The molecular weight excluding hydrogens is 387 g/mol. The lowest BCUT2D eigenvalue weighted by atomic mass is 10.3. The third-order valence-corrected chi connectivity index (χ3v) is 4.09. The highest BCUT2D eigenvalue weighted by Crippen LogP contribution is 2.26. The number of hydrogen-bond donors (Lipinski definition) is 2. The normalized spacial score (nSPS) is 10.8. The summed E-state index contributed by atoms with van der Waals surface area (Å²) in [6.45, 7) is 0. The van der Waals surface area contributed by atoms with E-state index in [9.17, 15) is 14.0 Å². The van der Waals surface area contributed by atoms with Crippen molar-refractivity contribution in [3.63, 3.8) is 0 Å². The van der Waals surface area contributed by atoms with Crippen LogP contribution in [0, 0.1) is 5.82 Å². The number of nitrogens with one attached hydrogen (secondary N) is 2. The minimum atomic E-state index is -0.515. The number of fused-ring (bicyclic) bond motifs is 1. The van der Waals surface area contributed by atoms with Crippen molar-refractivity contribution in [3.8, 4) is 11.6 Å². The number of anilines is 1. The molecule has 2 aromatic heterocycles. The Labute approximate surface area is 162 Å². The van der Waals surface area contributed by atoms with Gasteiger partial charge in [0.15, 0.2) is 5.69 Å². The second kappa shape index (κ2) is 7.16. The van der Waals surface area contributed by atoms with Crippen LogP contribution in [0.5, 0.6) is 11.6 Å². The van der Waals surface area contributed by atoms with Crippen LogP contribution in [0.3, 0.4) is 0 Å². The second-order valence-corrected chi connectivity index (χ2v) is 6.22. The number of amides is 1. The minimum Gasteiger partial charge on any atom is -0.437 e. The summed E-state index contributed by atoms with van der Waals surface area (Å²) in [6, 6.07) is 13.1. The Kier molecular flexibility index (Phi) is 4.54. The van der Waals surface area contributed by atoms with Crippen molar-refractivity contribution in [2.24, 2.45) is 0 Å². The van der Waals surface area contributed by atoms with E-state index < -0.39 is 11.7 Å². The zero-order chi connectivity index (χ0) is 19.7. The predicted molar refractivity (Wildman–Crippen MR) is 102 cm³/mol. The van der Waals surface area contributed by atoms with Crippen LogP contribution in [0.1, 0.15) is 10.5 Å². The Bertz CT molecular complexity index is 1220. The molecule has 1 amide bonds. The van der Waals surface area contributed by atoms with E-state index in [1.54, 1.807) is 24.3 Å². The first-order valence-electron chi connectivity index (χ1n) is 8.11. The molecule has 0 fully saturated rings. The van der Waals surface area contributed by atoms with Gasteiger partial charge < -0.3 is 10.1 Å². The predicted octanol–water partition coefficient (Wildman–Crippen LogP) is 3.86. The van der Waals surface area contributed by atoms with Gasteiger partial charge >= 0.3 is 0 Å². The Morgan fingerprint density at radius 1 is 1.11 bits per heavy atom. The standard InChI is InChI=1S/C19H12ClFN4O3/c20-11-1-5-13(6-2-11)22-17(27)16-18(28-14-7-3-12(21)4-8-14)24-19-23-15(26)9-10-25(16)19/h1-10H,(H,22,27)(H,23,24,26). The van der Waals surface area contributed by atoms with Crippen LogP contribution in [0.25, 0.3) is 5.78 Å². The number of imidazole rings is 1. The lowest BCUT2D eigenvalue weighted by Crippen LogP contribution is -2.16. The van der Waals surface area contributed by atoms with E-state index in [-0.39, 0.29) is 28.7 Å². The number of aromatic amines is 1. The molecule has 2 N–H and O–H groups in total. The van der Waals surface area contributed by atoms with Gasteiger partial charge in [0, 0.05) is 23.0 Å². The Hall–Kier alpha value is -3.65. The Balaban J connectivity index is 1.75. The number of halogens is 2. The largest absolute Gasteiger partial charge is 0.437 e. The molecule has 0 spiro atoms. The summed E-state index contributed by atoms with van der Waals surface area (Å²) in [5.41, 5.74) is 0.197. The Morgan fingerprint density at radius 3 is 2.54 bits per heavy atom. The van der Waals surface area contributed by atoms with Gasteiger partial charge in [-0.25, -0.2) is 4.39 Å². The summed E-state index contributed by atoms with van der Waals surface area (Å²) >= 11 is 5.86. The van der Waals surface area contributed by atoms with Crippen molar-refractivity contribution in [2.75, 3.05) is 5.32 Å². The summed E-state index contributed by atoms with van der Waals surface area (Å²) in [6.07, 6.45) is 1.41. The Morgan fingerprint density at radius 2 is 1.82 bits per heavy atom. The van der Waals surface area contributed by atoms with Crippen molar-refractivity contribution in [2.45, 2.75) is 0 Å². The average molecular weight is 399 g/mol. The maximum atomic E-state index is 13.1. The number of benzene rings is 2. The molecule has 0 aliphatic heterocycles. The number of aromatic nitrogens is 3. The van der Waals surface area contributed by atoms with E-state index in [4.69, 9.17) is 16.3 Å². The van der Waals surface area contributed by atoms with Crippen LogP contribution < -0.4 is 15.6 Å². The topological polar surface area (TPSA) is 88.5 Å². The van der Waals surface area contributed by atoms with Crippen molar-refractivity contribution in [1.82, 2.24) is 14.4 Å². The molecule has 0 atom stereocenters. The number of carbonyl (C=O) groups is 1. The third-order valence-electron chi connectivity index (χ3n) is 3.83. The van der Waals surface area contributed by atoms with Crippen LogP contribution in [-0.4, -0.2) is 20.3 Å². The number of rotatable bonds is 4. The zero-order valence-corrected chi connectivity index (χ0v) is 14.9. The average Bonchev–Trinajstić information content (AvgIpc) is 3.02. The molecule has 9 heteroatoms. The summed E-state index contributed by atoms with van der Waals surface area (Å²) in [5, 5.41) is 3.26. The van der Waals surface area contributed by atoms with Crippen molar-refractivity contribution in [3.05, 3.63) is 87.7 Å². The van der Waals surface area contributed by atoms with E-state index in [0.717, 1.165) is 0 Å². The molecule has 0 bridgehead atoms. The molecule has 0 aliphatic rings. The van der Waals surface area contributed by atoms with E-state index in [2.05, 4.69) is 15.3 Å². The molecular formula is C19H12ClFN4O3. The second-order valence-electron chi connectivity index (χ2n) is 5.78. The van der Waals surface area contributed by atoms with Crippen LogP contribution in [-0.2, 0) is 0 Å². The first-order chi connectivity index (χ1) is 13.5. The van der Waals surface area contributed by atoms with Crippen LogP contribution in [0.15, 0.2) is 65.6 Å². The molecule has 140 valence electrons. The summed E-state index contributed by atoms with van der Waals surface area (Å²) in [5.74, 6) is -0.565. The van der Waals surface area contributed by atoms with Gasteiger partial charge in [-0.15, -0.1) is 0 Å². The highest BCUT2D eigenvalue weighted by Gasteiger charge is 2.22. The molecule has 2 heterocycles. The number of carbonyl (C=O) groups excluding carboxylic acids is 1. The molecule has 4 aromatic rings. The summed E-state index contributed by atoms with van der Waals surface area (Å²) in [7, 11) is 0. The van der Waals surface area contributed by atoms with E-state index >= 15 is 0 Å². The molecule has 0 aliphatic carbocycles. The lowest BCUT2D eigenvalue weighted by Gasteiger charge is -2.08. The summed E-state index contributed by atoms with van der Waals surface area (Å²) < 4.78 is 20.2. The molecule has 28 heavy (non-hydrogen) atoms. The highest BCUT2D eigenvalue weighted by atomic mass is 35.5. The van der Waals surface area contributed by atoms with Crippen LogP contribution >= 0.6 is 11.6 Å². The highest BCUT2D eigenvalue weighted by molar-refractivity contribution is 6.30. The minimum absolute atomic E-state index is 0.0417. The first kappa shape index (κ1) is 17.7. The number of ether oxygens (including phenoxy) is 1. The SMILES string of the molecule is O=C(Nc1ccc(Cl)cc1)c1c(Oc2ccc(F)cc2)nc2[nH]c(=O)ccn12. The molecule has 0 saturated carbocycles. The van der Waals surface area contributed by atoms with Gasteiger partial charge in [0.05, 0.1) is 0 Å². The van der Waals surface area contributed by atoms with E-state index in [1.165, 1.54) is 40.9 Å². The lowest BCUT2D eigenvalue weighted by molar-refractivity contribution is 0.101. The van der Waals surface area contributed by atoms with Gasteiger partial charge in [-0.3, -0.25) is 19.0 Å². The van der Waals surface area contributed by atoms with Gasteiger partial charge in [0.1, 0.15) is 11.6 Å². The molecule has 7 nitrogen and oxygen atoms in total. The molecule has 0 radical (unpaired) electrons. The fraction of sp³-hybridized carbons (Fsp3) is 0. The third kappa shape index (κ3) is 3.58. The molecule has 0 unspecified atom stereocenters. The molecule has 4 rings (SSSR count). The van der Waals surface area contributed by atoms with Crippen molar-refractivity contribution < 1.29 is 13.9 Å². The van der Waals surface area contributed by atoms with Gasteiger partial charge in [0.25, 0.3) is 17.3 Å². The number of hydrogen-bond acceptors (Lipinski definition) is 4. The first-order valence-corrected chi connectivity index (χ1v) is 8.49. The molecule has 2 aromatic carbocycles. The van der Waals surface area contributed by atoms with Gasteiger partial charge in [-0.1, -0.05) is 11.6 Å². The summed E-state index contributed by atoms with van der Waals surface area (Å²) in [4.78, 5) is 31.2. The quantitative estimate of drug-likeness (QED) is 0.546. The van der Waals surface area contributed by atoms with Crippen molar-refractivity contribution in [1.29, 1.82) is 0 Å². The fourth-order valence-corrected chi connectivity index (χ4v) is 2.68. The maximum absolute atomic E-state index is 13.1. The van der Waals surface area contributed by atoms with E-state index in [0.29, 0.717) is 10.7 Å². The van der Waals surface area contributed by atoms with Gasteiger partial charge in [-0.05, 0) is 48.5 Å². The monoisotopic (exact) mass is 398 g/mol. The maximum Gasteiger partial charge on any atom is 0.278 e. The van der Waals surface area contributed by atoms with Crippen LogP contribution in [0.4, 0.5) is 10.1 Å². The van der Waals surface area contributed by atoms with Crippen LogP contribution in [0.2, 0.25) is 5.02 Å². The zero-order valence-electron chi connectivity index (χ0n) is 14.1. The molecule has 0 saturated heterocycles.